The zero-order valence-corrected chi connectivity index (χ0v) is 17.3. The maximum absolute atomic E-state index is 12.5. The molecule has 1 unspecified atom stereocenters. The number of halogens is 2. The van der Waals surface area contributed by atoms with Crippen LogP contribution in [0.3, 0.4) is 0 Å². The van der Waals surface area contributed by atoms with Crippen LogP contribution in [0.15, 0.2) is 54.6 Å². The summed E-state index contributed by atoms with van der Waals surface area (Å²) < 4.78 is 0. The maximum Gasteiger partial charge on any atom is 0.244 e. The number of carbonyl (C=O) groups is 1. The van der Waals surface area contributed by atoms with Crippen LogP contribution in [-0.2, 0) is 23.4 Å². The van der Waals surface area contributed by atoms with Crippen molar-refractivity contribution in [2.75, 3.05) is 13.1 Å². The molecule has 6 heteroatoms. The summed E-state index contributed by atoms with van der Waals surface area (Å²) in [5, 5.41) is 2.96. The van der Waals surface area contributed by atoms with E-state index < -0.39 is 5.54 Å². The van der Waals surface area contributed by atoms with Crippen LogP contribution in [0.5, 0.6) is 0 Å². The van der Waals surface area contributed by atoms with Crippen molar-refractivity contribution in [2.24, 2.45) is 5.73 Å². The molecule has 1 amide bonds. The van der Waals surface area contributed by atoms with E-state index in [2.05, 4.69) is 34.5 Å². The summed E-state index contributed by atoms with van der Waals surface area (Å²) in [6.45, 7) is 5.65. The van der Waals surface area contributed by atoms with Gasteiger partial charge in [-0.05, 0) is 49.5 Å². The SMILES string of the molecule is CC(N)(C(=O)NCc1ccc(CN2CCCC2)cc1)c1ccccc1.Cl.Cl. The van der Waals surface area contributed by atoms with Gasteiger partial charge in [-0.3, -0.25) is 9.69 Å². The second-order valence-electron chi connectivity index (χ2n) is 7.05. The Morgan fingerprint density at radius 1 is 1.00 bits per heavy atom. The number of nitrogens with two attached hydrogens (primary N) is 1. The van der Waals surface area contributed by atoms with Crippen LogP contribution in [0.4, 0.5) is 0 Å². The molecule has 2 aromatic carbocycles. The van der Waals surface area contributed by atoms with Gasteiger partial charge in [0.15, 0.2) is 0 Å². The smallest absolute Gasteiger partial charge is 0.244 e. The molecule has 2 aromatic rings. The van der Waals surface area contributed by atoms with Crippen LogP contribution < -0.4 is 11.1 Å². The van der Waals surface area contributed by atoms with Gasteiger partial charge in [0.25, 0.3) is 0 Å². The quantitative estimate of drug-likeness (QED) is 0.765. The second-order valence-corrected chi connectivity index (χ2v) is 7.05. The molecule has 27 heavy (non-hydrogen) atoms. The van der Waals surface area contributed by atoms with E-state index in [4.69, 9.17) is 5.73 Å². The molecule has 1 heterocycles. The maximum atomic E-state index is 12.5. The molecule has 0 aromatic heterocycles. The highest BCUT2D eigenvalue weighted by atomic mass is 35.5. The van der Waals surface area contributed by atoms with E-state index in [1.807, 2.05) is 30.3 Å². The van der Waals surface area contributed by atoms with Crippen LogP contribution in [0.1, 0.15) is 36.5 Å². The minimum Gasteiger partial charge on any atom is -0.350 e. The minimum atomic E-state index is -1.03. The van der Waals surface area contributed by atoms with Crippen molar-refractivity contribution in [1.29, 1.82) is 0 Å². The number of likely N-dealkylation sites (tertiary alicyclic amines) is 1. The first kappa shape index (κ1) is 23.4. The van der Waals surface area contributed by atoms with Crippen molar-refractivity contribution in [3.63, 3.8) is 0 Å². The number of benzene rings is 2. The van der Waals surface area contributed by atoms with Gasteiger partial charge in [-0.2, -0.15) is 0 Å². The lowest BCUT2D eigenvalue weighted by atomic mass is 9.92. The number of carbonyl (C=O) groups excluding carboxylic acids is 1. The zero-order chi connectivity index (χ0) is 17.7. The first-order valence-electron chi connectivity index (χ1n) is 8.98. The normalized spacial score (nSPS) is 15.9. The summed E-state index contributed by atoms with van der Waals surface area (Å²) in [6.07, 6.45) is 2.62. The van der Waals surface area contributed by atoms with Gasteiger partial charge in [0.2, 0.25) is 5.91 Å². The fourth-order valence-corrected chi connectivity index (χ4v) is 3.24. The fourth-order valence-electron chi connectivity index (χ4n) is 3.24. The number of rotatable bonds is 6. The Morgan fingerprint density at radius 2 is 1.56 bits per heavy atom. The third-order valence-electron chi connectivity index (χ3n) is 4.93. The highest BCUT2D eigenvalue weighted by Gasteiger charge is 2.29. The average Bonchev–Trinajstić information content (AvgIpc) is 3.14. The van der Waals surface area contributed by atoms with E-state index in [-0.39, 0.29) is 30.7 Å². The monoisotopic (exact) mass is 409 g/mol. The predicted molar refractivity (Wildman–Crippen MR) is 115 cm³/mol. The minimum absolute atomic E-state index is 0. The summed E-state index contributed by atoms with van der Waals surface area (Å²) >= 11 is 0. The lowest BCUT2D eigenvalue weighted by Crippen LogP contribution is -2.48. The van der Waals surface area contributed by atoms with Crippen LogP contribution in [0, 0.1) is 0 Å². The Morgan fingerprint density at radius 3 is 2.15 bits per heavy atom. The van der Waals surface area contributed by atoms with Gasteiger partial charge in [-0.25, -0.2) is 0 Å². The standard InChI is InChI=1S/C21H27N3O.2ClH/c1-21(22,19-7-3-2-4-8-19)20(25)23-15-17-9-11-18(12-10-17)16-24-13-5-6-14-24;;/h2-4,7-12H,5-6,13-16,22H2,1H3,(H,23,25);2*1H. The molecule has 1 aliphatic rings. The molecule has 1 fully saturated rings. The van der Waals surface area contributed by atoms with Gasteiger partial charge in [0.05, 0.1) is 0 Å². The molecule has 148 valence electrons. The molecule has 0 radical (unpaired) electrons. The van der Waals surface area contributed by atoms with E-state index in [1.165, 1.54) is 31.5 Å². The predicted octanol–water partition coefficient (Wildman–Crippen LogP) is 3.62. The summed E-state index contributed by atoms with van der Waals surface area (Å²) in [5.74, 6) is -0.167. The fraction of sp³-hybridized carbons (Fsp3) is 0.381. The van der Waals surface area contributed by atoms with Gasteiger partial charge in [0, 0.05) is 13.1 Å². The third-order valence-corrected chi connectivity index (χ3v) is 4.93. The van der Waals surface area contributed by atoms with Crippen molar-refractivity contribution < 1.29 is 4.79 Å². The Hall–Kier alpha value is -1.59. The number of nitrogens with one attached hydrogen (secondary N) is 1. The van der Waals surface area contributed by atoms with Crippen molar-refractivity contribution in [3.05, 3.63) is 71.3 Å². The van der Waals surface area contributed by atoms with Crippen LogP contribution in [0.2, 0.25) is 0 Å². The zero-order valence-electron chi connectivity index (χ0n) is 15.7. The number of nitrogens with zero attached hydrogens (tertiary/aromatic N) is 1. The van der Waals surface area contributed by atoms with Gasteiger partial charge in [-0.1, -0.05) is 54.6 Å². The first-order valence-corrected chi connectivity index (χ1v) is 8.98. The third kappa shape index (κ3) is 6.22. The van der Waals surface area contributed by atoms with E-state index >= 15 is 0 Å². The van der Waals surface area contributed by atoms with E-state index in [1.54, 1.807) is 6.92 Å². The summed E-state index contributed by atoms with van der Waals surface area (Å²) in [6, 6.07) is 17.9. The van der Waals surface area contributed by atoms with Crippen molar-refractivity contribution in [2.45, 2.75) is 38.4 Å². The summed E-state index contributed by atoms with van der Waals surface area (Å²) in [4.78, 5) is 15.0. The summed E-state index contributed by atoms with van der Waals surface area (Å²) in [7, 11) is 0. The molecular formula is C21H29Cl2N3O. The first-order chi connectivity index (χ1) is 12.1. The van der Waals surface area contributed by atoms with E-state index in [9.17, 15) is 4.79 Å². The molecule has 1 atom stereocenters. The van der Waals surface area contributed by atoms with Gasteiger partial charge >= 0.3 is 0 Å². The van der Waals surface area contributed by atoms with Crippen LogP contribution in [0.25, 0.3) is 0 Å². The molecule has 1 saturated heterocycles. The Kier molecular flexibility index (Phi) is 9.27. The van der Waals surface area contributed by atoms with Gasteiger partial charge in [-0.15, -0.1) is 24.8 Å². The Balaban J connectivity index is 0.00000182. The largest absolute Gasteiger partial charge is 0.350 e. The van der Waals surface area contributed by atoms with Crippen molar-refractivity contribution in [1.82, 2.24) is 10.2 Å². The summed E-state index contributed by atoms with van der Waals surface area (Å²) in [5.41, 5.74) is 8.44. The van der Waals surface area contributed by atoms with Gasteiger partial charge in [0.1, 0.15) is 5.54 Å². The molecule has 3 N–H and O–H groups in total. The topological polar surface area (TPSA) is 58.4 Å². The molecular weight excluding hydrogens is 381 g/mol. The molecule has 0 bridgehead atoms. The lowest BCUT2D eigenvalue weighted by Gasteiger charge is -2.24. The highest BCUT2D eigenvalue weighted by molar-refractivity contribution is 5.87. The second kappa shape index (κ2) is 10.7. The van der Waals surface area contributed by atoms with E-state index in [0.717, 1.165) is 17.7 Å². The Labute approximate surface area is 174 Å². The molecule has 3 rings (SSSR count). The van der Waals surface area contributed by atoms with Crippen LogP contribution >= 0.6 is 24.8 Å². The highest BCUT2D eigenvalue weighted by Crippen LogP contribution is 2.18. The van der Waals surface area contributed by atoms with Crippen molar-refractivity contribution in [3.8, 4) is 0 Å². The molecule has 1 aliphatic heterocycles. The molecule has 4 nitrogen and oxygen atoms in total. The molecule has 0 aliphatic carbocycles. The van der Waals surface area contributed by atoms with Crippen molar-refractivity contribution >= 4 is 30.7 Å². The van der Waals surface area contributed by atoms with Gasteiger partial charge < -0.3 is 11.1 Å². The van der Waals surface area contributed by atoms with E-state index in [0.29, 0.717) is 6.54 Å². The molecule has 0 saturated carbocycles. The molecule has 0 spiro atoms. The number of amides is 1. The van der Waals surface area contributed by atoms with Crippen LogP contribution in [-0.4, -0.2) is 23.9 Å². The average molecular weight is 410 g/mol. The number of hydrogen-bond acceptors (Lipinski definition) is 3. The Bertz CT molecular complexity index is 699. The lowest BCUT2D eigenvalue weighted by molar-refractivity contribution is -0.126. The number of hydrogen-bond donors (Lipinski definition) is 2.